The van der Waals surface area contributed by atoms with Gasteiger partial charge in [0.25, 0.3) is 6.04 Å². The lowest BCUT2D eigenvalue weighted by Crippen LogP contribution is -2.26. The first-order valence-corrected chi connectivity index (χ1v) is 2.51. The van der Waals surface area contributed by atoms with Gasteiger partial charge in [0.1, 0.15) is 6.54 Å². The highest BCUT2D eigenvalue weighted by molar-refractivity contribution is 5.64. The van der Waals surface area contributed by atoms with E-state index in [2.05, 4.69) is 11.3 Å². The molecule has 0 spiro atoms. The van der Waals surface area contributed by atoms with Crippen LogP contribution in [-0.2, 0) is 0 Å². The molecule has 1 aliphatic rings. The molecule has 0 saturated heterocycles. The van der Waals surface area contributed by atoms with Gasteiger partial charge in [-0.15, -0.1) is 0 Å². The van der Waals surface area contributed by atoms with Gasteiger partial charge in [-0.1, -0.05) is 0 Å². The second-order valence-electron chi connectivity index (χ2n) is 1.87. The van der Waals surface area contributed by atoms with Crippen molar-refractivity contribution in [1.82, 2.24) is 5.01 Å². The van der Waals surface area contributed by atoms with Gasteiger partial charge in [0.2, 0.25) is 0 Å². The van der Waals surface area contributed by atoms with Crippen LogP contribution in [0.4, 0.5) is 0 Å². The topological polar surface area (TPSA) is 58.7 Å². The van der Waals surface area contributed by atoms with Crippen molar-refractivity contribution in [2.45, 2.75) is 6.04 Å². The zero-order valence-electron chi connectivity index (χ0n) is 4.94. The van der Waals surface area contributed by atoms with Gasteiger partial charge in [0.15, 0.2) is 6.21 Å². The fourth-order valence-electron chi connectivity index (χ4n) is 0.611. The molecule has 1 aliphatic heterocycles. The Morgan fingerprint density at radius 3 is 2.89 bits per heavy atom. The van der Waals surface area contributed by atoms with Crippen LogP contribution in [0.1, 0.15) is 0 Å². The third-order valence-corrected chi connectivity index (χ3v) is 1.07. The number of hydrogen-bond donors (Lipinski definition) is 0. The molecule has 0 saturated carbocycles. The molecule has 0 aliphatic carbocycles. The van der Waals surface area contributed by atoms with Crippen molar-refractivity contribution < 1.29 is 4.92 Å². The molecule has 5 nitrogen and oxygen atoms in total. The quantitative estimate of drug-likeness (QED) is 0.351. The summed E-state index contributed by atoms with van der Waals surface area (Å²) in [5.41, 5.74) is 0. The summed E-state index contributed by atoms with van der Waals surface area (Å²) in [5.74, 6) is 0. The maximum Gasteiger partial charge on any atom is 0.277 e. The normalized spacial score (nSPS) is 25.0. The molecule has 0 aromatic heterocycles. The Hall–Kier alpha value is -1.13. The average molecular weight is 128 g/mol. The fourth-order valence-corrected chi connectivity index (χ4v) is 0.611. The van der Waals surface area contributed by atoms with Gasteiger partial charge in [-0.05, 0) is 0 Å². The Morgan fingerprint density at radius 2 is 2.67 bits per heavy atom. The monoisotopic (exact) mass is 128 g/mol. The molecule has 1 atom stereocenters. The van der Waals surface area contributed by atoms with E-state index < -0.39 is 11.0 Å². The Kier molecular flexibility index (Phi) is 1.33. The van der Waals surface area contributed by atoms with E-state index in [4.69, 9.17) is 0 Å². The molecular formula is C4H6N3O2. The van der Waals surface area contributed by atoms with Crippen molar-refractivity contribution >= 4 is 6.21 Å². The van der Waals surface area contributed by atoms with Gasteiger partial charge in [0.05, 0.1) is 0 Å². The lowest BCUT2D eigenvalue weighted by atomic mass is 10.4. The van der Waals surface area contributed by atoms with E-state index in [9.17, 15) is 10.1 Å². The van der Waals surface area contributed by atoms with Crippen LogP contribution in [0.2, 0.25) is 0 Å². The van der Waals surface area contributed by atoms with E-state index in [0.717, 1.165) is 0 Å². The molecule has 0 fully saturated rings. The molecule has 1 unspecified atom stereocenters. The van der Waals surface area contributed by atoms with Crippen LogP contribution >= 0.6 is 0 Å². The van der Waals surface area contributed by atoms with Gasteiger partial charge in [-0.3, -0.25) is 15.1 Å². The average Bonchev–Trinajstić information content (AvgIpc) is 2.14. The summed E-state index contributed by atoms with van der Waals surface area (Å²) in [5, 5.41) is 15.1. The maximum absolute atomic E-state index is 10.0. The van der Waals surface area contributed by atoms with Crippen LogP contribution in [0.25, 0.3) is 0 Å². The van der Waals surface area contributed by atoms with Crippen molar-refractivity contribution in [1.29, 1.82) is 0 Å². The number of nitro groups is 1. The molecular weight excluding hydrogens is 122 g/mol. The van der Waals surface area contributed by atoms with E-state index in [0.29, 0.717) is 6.54 Å². The molecule has 0 aromatic rings. The van der Waals surface area contributed by atoms with E-state index in [-0.39, 0.29) is 0 Å². The number of rotatable bonds is 1. The van der Waals surface area contributed by atoms with Crippen LogP contribution in [-0.4, -0.2) is 35.8 Å². The predicted octanol–water partition coefficient (Wildman–Crippen LogP) is -0.560. The molecule has 49 valence electrons. The largest absolute Gasteiger partial charge is 0.292 e. The molecule has 0 amide bonds. The summed E-state index contributed by atoms with van der Waals surface area (Å²) >= 11 is 0. The number of nitrogens with zero attached hydrogens (tertiary/aromatic N) is 3. The van der Waals surface area contributed by atoms with Gasteiger partial charge in [-0.25, -0.2) is 0 Å². The van der Waals surface area contributed by atoms with Crippen molar-refractivity contribution in [3.63, 3.8) is 0 Å². The summed E-state index contributed by atoms with van der Waals surface area (Å²) in [4.78, 5) is 9.61. The zero-order chi connectivity index (χ0) is 6.85. The van der Waals surface area contributed by atoms with Crippen molar-refractivity contribution in [2.75, 3.05) is 13.6 Å². The summed E-state index contributed by atoms with van der Waals surface area (Å²) in [6.45, 7) is 0.340. The van der Waals surface area contributed by atoms with Crippen LogP contribution in [0.15, 0.2) is 5.10 Å². The van der Waals surface area contributed by atoms with E-state index in [1.54, 1.807) is 7.05 Å². The first-order valence-electron chi connectivity index (χ1n) is 2.51. The first-order chi connectivity index (χ1) is 4.20. The summed E-state index contributed by atoms with van der Waals surface area (Å²) in [7, 11) is 1.68. The van der Waals surface area contributed by atoms with Crippen LogP contribution in [0, 0.1) is 10.1 Å². The molecule has 0 aromatic carbocycles. The van der Waals surface area contributed by atoms with Crippen molar-refractivity contribution in [2.24, 2.45) is 5.10 Å². The second-order valence-corrected chi connectivity index (χ2v) is 1.87. The Labute approximate surface area is 52.1 Å². The Bertz CT molecular complexity index is 156. The third kappa shape index (κ3) is 1.16. The second kappa shape index (κ2) is 2.00. The number of hydrazone groups is 1. The minimum atomic E-state index is -0.727. The fraction of sp³-hybridized carbons (Fsp3) is 0.750. The van der Waals surface area contributed by atoms with Crippen LogP contribution in [0.3, 0.4) is 0 Å². The van der Waals surface area contributed by atoms with E-state index in [1.807, 2.05) is 0 Å². The molecule has 1 radical (unpaired) electrons. The van der Waals surface area contributed by atoms with E-state index >= 15 is 0 Å². The van der Waals surface area contributed by atoms with E-state index in [1.165, 1.54) is 5.01 Å². The number of likely N-dealkylation sites (N-methyl/N-ethyl adjacent to an activating group) is 1. The lowest BCUT2D eigenvalue weighted by molar-refractivity contribution is -0.499. The lowest BCUT2D eigenvalue weighted by Gasteiger charge is -2.02. The highest BCUT2D eigenvalue weighted by Crippen LogP contribution is 1.98. The zero-order valence-corrected chi connectivity index (χ0v) is 4.94. The van der Waals surface area contributed by atoms with Gasteiger partial charge < -0.3 is 0 Å². The molecule has 5 heteroatoms. The molecule has 1 heterocycles. The SMILES string of the molecule is CN1CC([N+](=O)[O-])[C]=N1. The van der Waals surface area contributed by atoms with Gasteiger partial charge >= 0.3 is 0 Å². The predicted molar refractivity (Wildman–Crippen MR) is 30.8 cm³/mol. The maximum atomic E-state index is 10.0. The van der Waals surface area contributed by atoms with Gasteiger partial charge in [0, 0.05) is 12.0 Å². The van der Waals surface area contributed by atoms with Crippen LogP contribution < -0.4 is 0 Å². The summed E-state index contributed by atoms with van der Waals surface area (Å²) < 4.78 is 0. The third-order valence-electron chi connectivity index (χ3n) is 1.07. The highest BCUT2D eigenvalue weighted by Gasteiger charge is 2.25. The number of hydrogen-bond acceptors (Lipinski definition) is 4. The standard InChI is InChI=1S/C4H6N3O2/c1-6-3-4(2-5-6)7(8)9/h4H,3H2,1H3. The van der Waals surface area contributed by atoms with Gasteiger partial charge in [-0.2, -0.15) is 5.10 Å². The minimum Gasteiger partial charge on any atom is -0.292 e. The first kappa shape index (κ1) is 6.00. The summed E-state index contributed by atoms with van der Waals surface area (Å²) in [6, 6.07) is -0.727. The van der Waals surface area contributed by atoms with Crippen molar-refractivity contribution in [3.8, 4) is 0 Å². The Morgan fingerprint density at radius 1 is 2.00 bits per heavy atom. The molecule has 1 rings (SSSR count). The smallest absolute Gasteiger partial charge is 0.277 e. The molecule has 0 N–H and O–H groups in total. The highest BCUT2D eigenvalue weighted by atomic mass is 16.6. The molecule has 9 heavy (non-hydrogen) atoms. The summed E-state index contributed by atoms with van der Waals surface area (Å²) in [6.07, 6.45) is 2.36. The molecule has 0 bridgehead atoms. The van der Waals surface area contributed by atoms with Crippen molar-refractivity contribution in [3.05, 3.63) is 10.1 Å². The Balaban J connectivity index is 2.50. The minimum absolute atomic E-state index is 0.340. The van der Waals surface area contributed by atoms with Crippen LogP contribution in [0.5, 0.6) is 0 Å².